The topological polar surface area (TPSA) is 81.2 Å². The Bertz CT molecular complexity index is 875. The molecule has 1 fully saturated rings. The number of halogens is 3. The van der Waals surface area contributed by atoms with Crippen molar-refractivity contribution in [3.05, 3.63) is 52.6 Å². The van der Waals surface area contributed by atoms with Crippen LogP contribution in [-0.2, 0) is 17.8 Å². The van der Waals surface area contributed by atoms with E-state index in [1.54, 1.807) is 6.07 Å². The molecule has 148 valence electrons. The van der Waals surface area contributed by atoms with Gasteiger partial charge in [0.2, 0.25) is 0 Å². The van der Waals surface area contributed by atoms with Crippen LogP contribution in [0.2, 0.25) is 5.02 Å². The maximum absolute atomic E-state index is 12.3. The summed E-state index contributed by atoms with van der Waals surface area (Å²) in [5.41, 5.74) is 0.831. The number of nitrogens with one attached hydrogen (secondary N) is 1. The molecule has 28 heavy (non-hydrogen) atoms. The van der Waals surface area contributed by atoms with Gasteiger partial charge in [-0.1, -0.05) is 17.7 Å². The largest absolute Gasteiger partial charge is 0.486 e. The second-order valence-corrected chi connectivity index (χ2v) is 6.83. The van der Waals surface area contributed by atoms with E-state index in [2.05, 4.69) is 15.3 Å². The molecule has 1 saturated carbocycles. The van der Waals surface area contributed by atoms with Gasteiger partial charge in [-0.2, -0.15) is 0 Å². The first-order chi connectivity index (χ1) is 13.4. The van der Waals surface area contributed by atoms with Crippen molar-refractivity contribution in [3.63, 3.8) is 0 Å². The quantitative estimate of drug-likeness (QED) is 0.687. The highest BCUT2D eigenvalue weighted by Gasteiger charge is 2.29. The lowest BCUT2D eigenvalue weighted by molar-refractivity contribution is -0.119. The highest BCUT2D eigenvalue weighted by molar-refractivity contribution is 6.32. The van der Waals surface area contributed by atoms with Gasteiger partial charge in [0, 0.05) is 18.7 Å². The van der Waals surface area contributed by atoms with Crippen LogP contribution in [0, 0.1) is 5.92 Å². The monoisotopic (exact) mass is 409 g/mol. The van der Waals surface area contributed by atoms with Gasteiger partial charge in [-0.25, -0.2) is 18.7 Å². The molecule has 6 nitrogen and oxygen atoms in total. The third-order valence-electron chi connectivity index (χ3n) is 4.12. The number of hydrogen-bond acceptors (Lipinski definition) is 5. The molecule has 1 N–H and O–H groups in total. The van der Waals surface area contributed by atoms with E-state index in [0.29, 0.717) is 11.4 Å². The molecule has 2 aromatic rings. The summed E-state index contributed by atoms with van der Waals surface area (Å²) in [6.45, 7) is -0.580. The van der Waals surface area contributed by atoms with Gasteiger partial charge in [0.1, 0.15) is 29.7 Å². The Balaban J connectivity index is 1.56. The molecule has 0 unspecified atom stereocenters. The highest BCUT2D eigenvalue weighted by atomic mass is 35.5. The molecular formula is C19H18ClF2N3O3. The predicted molar refractivity (Wildman–Crippen MR) is 97.6 cm³/mol. The van der Waals surface area contributed by atoms with Crippen molar-refractivity contribution >= 4 is 23.3 Å². The van der Waals surface area contributed by atoms with Crippen molar-refractivity contribution in [2.75, 3.05) is 6.61 Å². The van der Waals surface area contributed by atoms with Crippen molar-refractivity contribution in [3.8, 4) is 5.75 Å². The van der Waals surface area contributed by atoms with E-state index in [9.17, 15) is 18.4 Å². The van der Waals surface area contributed by atoms with Gasteiger partial charge in [-0.3, -0.25) is 9.59 Å². The molecule has 1 aromatic heterocycles. The molecule has 1 aromatic carbocycles. The Kier molecular flexibility index (Phi) is 6.51. The lowest BCUT2D eigenvalue weighted by atomic mass is 10.2. The van der Waals surface area contributed by atoms with Gasteiger partial charge >= 0.3 is 0 Å². The smallest absolute Gasteiger partial charge is 0.272 e. The maximum Gasteiger partial charge on any atom is 0.272 e. The number of rotatable bonds is 9. The van der Waals surface area contributed by atoms with Crippen molar-refractivity contribution in [1.82, 2.24) is 15.3 Å². The molecule has 0 saturated heterocycles. The molecule has 0 radical (unpaired) electrons. The zero-order chi connectivity index (χ0) is 20.1. The number of ether oxygens (including phenoxy) is 1. The molecule has 3 rings (SSSR count). The van der Waals surface area contributed by atoms with E-state index in [-0.39, 0.29) is 41.1 Å². The molecule has 9 heteroatoms. The highest BCUT2D eigenvalue weighted by Crippen LogP contribution is 2.30. The minimum Gasteiger partial charge on any atom is -0.486 e. The average molecular weight is 410 g/mol. The van der Waals surface area contributed by atoms with Crippen LogP contribution in [0.5, 0.6) is 5.75 Å². The standard InChI is InChI=1S/C19H18ClF2N3O3/c20-13-7-11(1-4-16(13)28-10-17(21)22)9-24-19(27)14-5-6-23-18(25-14)8-15(26)12-2-3-12/h1,4-7,12,17H,2-3,8-10H2,(H,24,27). The molecular weight excluding hydrogens is 392 g/mol. The molecule has 0 bridgehead atoms. The Hall–Kier alpha value is -2.61. The molecule has 1 aliphatic rings. The van der Waals surface area contributed by atoms with Crippen LogP contribution in [0.3, 0.4) is 0 Å². The summed E-state index contributed by atoms with van der Waals surface area (Å²) < 4.78 is 29.3. The number of alkyl halides is 2. The number of nitrogens with zero attached hydrogens (tertiary/aromatic N) is 2. The number of carbonyl (C=O) groups is 2. The van der Waals surface area contributed by atoms with Crippen LogP contribution in [-0.4, -0.2) is 34.7 Å². The van der Waals surface area contributed by atoms with E-state index in [1.165, 1.54) is 24.4 Å². The Morgan fingerprint density at radius 3 is 2.75 bits per heavy atom. The van der Waals surface area contributed by atoms with E-state index < -0.39 is 18.9 Å². The lowest BCUT2D eigenvalue weighted by Gasteiger charge is -2.10. The van der Waals surface area contributed by atoms with E-state index in [1.807, 2.05) is 0 Å². The summed E-state index contributed by atoms with van der Waals surface area (Å²) in [6.07, 6.45) is 0.804. The summed E-state index contributed by atoms with van der Waals surface area (Å²) in [5, 5.41) is 2.87. The fraction of sp³-hybridized carbons (Fsp3) is 0.368. The van der Waals surface area contributed by atoms with Crippen LogP contribution < -0.4 is 10.1 Å². The van der Waals surface area contributed by atoms with Crippen LogP contribution in [0.1, 0.15) is 34.7 Å². The number of ketones is 1. The van der Waals surface area contributed by atoms with Crippen LogP contribution >= 0.6 is 11.6 Å². The summed E-state index contributed by atoms with van der Waals surface area (Å²) in [6, 6.07) is 6.09. The number of hydrogen-bond donors (Lipinski definition) is 1. The van der Waals surface area contributed by atoms with Gasteiger partial charge in [0.15, 0.2) is 0 Å². The first kappa shape index (κ1) is 20.1. The second kappa shape index (κ2) is 9.05. The molecule has 0 aliphatic heterocycles. The Morgan fingerprint density at radius 1 is 1.29 bits per heavy atom. The minimum absolute atomic E-state index is 0.0985. The zero-order valence-corrected chi connectivity index (χ0v) is 15.6. The average Bonchev–Trinajstić information content (AvgIpc) is 3.50. The zero-order valence-electron chi connectivity index (χ0n) is 14.8. The van der Waals surface area contributed by atoms with E-state index >= 15 is 0 Å². The van der Waals surface area contributed by atoms with Gasteiger partial charge in [0.05, 0.1) is 11.4 Å². The van der Waals surface area contributed by atoms with Crippen LogP contribution in [0.25, 0.3) is 0 Å². The fourth-order valence-corrected chi connectivity index (χ4v) is 2.77. The van der Waals surface area contributed by atoms with Crippen molar-refractivity contribution in [1.29, 1.82) is 0 Å². The van der Waals surface area contributed by atoms with E-state index in [0.717, 1.165) is 12.8 Å². The Morgan fingerprint density at radius 2 is 2.07 bits per heavy atom. The number of benzene rings is 1. The summed E-state index contributed by atoms with van der Waals surface area (Å²) in [5.74, 6) is 0.266. The second-order valence-electron chi connectivity index (χ2n) is 6.43. The van der Waals surface area contributed by atoms with Gasteiger partial charge in [-0.15, -0.1) is 0 Å². The first-order valence-corrected chi connectivity index (χ1v) is 9.12. The van der Waals surface area contributed by atoms with Gasteiger partial charge < -0.3 is 10.1 Å². The Labute approximate surface area is 165 Å². The number of amides is 1. The first-order valence-electron chi connectivity index (χ1n) is 8.74. The van der Waals surface area contributed by atoms with Crippen molar-refractivity contribution < 1.29 is 23.1 Å². The maximum atomic E-state index is 12.3. The number of Topliss-reactive ketones (excluding diaryl/α,β-unsaturated/α-hetero) is 1. The van der Waals surface area contributed by atoms with Crippen LogP contribution in [0.15, 0.2) is 30.5 Å². The third-order valence-corrected chi connectivity index (χ3v) is 4.41. The lowest BCUT2D eigenvalue weighted by Crippen LogP contribution is -2.24. The van der Waals surface area contributed by atoms with E-state index in [4.69, 9.17) is 16.3 Å². The molecule has 0 spiro atoms. The summed E-state index contributed by atoms with van der Waals surface area (Å²) in [7, 11) is 0. The summed E-state index contributed by atoms with van der Waals surface area (Å²) in [4.78, 5) is 32.4. The normalized spacial score (nSPS) is 13.4. The molecule has 1 amide bonds. The third kappa shape index (κ3) is 5.69. The van der Waals surface area contributed by atoms with Gasteiger partial charge in [0.25, 0.3) is 12.3 Å². The SMILES string of the molecule is O=C(NCc1ccc(OCC(F)F)c(Cl)c1)c1ccnc(CC(=O)C2CC2)n1. The fourth-order valence-electron chi connectivity index (χ4n) is 2.51. The number of carbonyl (C=O) groups excluding carboxylic acids is 2. The van der Waals surface area contributed by atoms with Crippen LogP contribution in [0.4, 0.5) is 8.78 Å². The molecule has 1 heterocycles. The minimum atomic E-state index is -2.59. The van der Waals surface area contributed by atoms with Gasteiger partial charge in [-0.05, 0) is 36.6 Å². The van der Waals surface area contributed by atoms with Crippen molar-refractivity contribution in [2.24, 2.45) is 5.92 Å². The summed E-state index contributed by atoms with van der Waals surface area (Å²) >= 11 is 6.01. The predicted octanol–water partition coefficient (Wildman–Crippen LogP) is 3.23. The molecule has 1 aliphatic carbocycles. The van der Waals surface area contributed by atoms with Crippen molar-refractivity contribution in [2.45, 2.75) is 32.2 Å². The molecule has 0 atom stereocenters. The number of aromatic nitrogens is 2.